The Morgan fingerprint density at radius 1 is 1.35 bits per heavy atom. The molecule has 2 aromatic heterocycles. The molecule has 6 heteroatoms. The summed E-state index contributed by atoms with van der Waals surface area (Å²) >= 11 is 0. The van der Waals surface area contributed by atoms with Crippen molar-refractivity contribution in [3.8, 4) is 5.88 Å². The number of nitrogens with one attached hydrogen (secondary N) is 1. The van der Waals surface area contributed by atoms with Crippen molar-refractivity contribution in [2.24, 2.45) is 7.05 Å². The molecule has 0 saturated heterocycles. The van der Waals surface area contributed by atoms with Crippen LogP contribution in [0.2, 0.25) is 0 Å². The predicted octanol–water partition coefficient (Wildman–Crippen LogP) is 2.23. The van der Waals surface area contributed by atoms with E-state index in [9.17, 15) is 0 Å². The molecule has 108 valence electrons. The van der Waals surface area contributed by atoms with Crippen molar-refractivity contribution in [3.63, 3.8) is 0 Å². The lowest BCUT2D eigenvalue weighted by molar-refractivity contribution is 0.305. The summed E-state index contributed by atoms with van der Waals surface area (Å²) in [4.78, 5) is 8.52. The Labute approximate surface area is 119 Å². The Balaban J connectivity index is 2.03. The summed E-state index contributed by atoms with van der Waals surface area (Å²) in [5.41, 5.74) is 3.35. The van der Waals surface area contributed by atoms with E-state index in [4.69, 9.17) is 4.74 Å². The van der Waals surface area contributed by atoms with Crippen LogP contribution < -0.4 is 10.1 Å². The molecule has 0 aliphatic heterocycles. The van der Waals surface area contributed by atoms with Crippen molar-refractivity contribution in [1.82, 2.24) is 19.7 Å². The van der Waals surface area contributed by atoms with Crippen LogP contribution in [-0.2, 0) is 13.6 Å². The summed E-state index contributed by atoms with van der Waals surface area (Å²) < 4.78 is 7.37. The first-order valence-corrected chi connectivity index (χ1v) is 6.80. The molecular weight excluding hydrogens is 254 g/mol. The van der Waals surface area contributed by atoms with Crippen LogP contribution in [0.15, 0.2) is 12.3 Å². The van der Waals surface area contributed by atoms with Gasteiger partial charge in [0.1, 0.15) is 0 Å². The smallest absolute Gasteiger partial charge is 0.226 e. The van der Waals surface area contributed by atoms with E-state index in [2.05, 4.69) is 34.2 Å². The van der Waals surface area contributed by atoms with Gasteiger partial charge < -0.3 is 10.1 Å². The number of anilines is 1. The largest absolute Gasteiger partial charge is 0.478 e. The van der Waals surface area contributed by atoms with Crippen molar-refractivity contribution in [3.05, 3.63) is 29.2 Å². The fourth-order valence-corrected chi connectivity index (χ4v) is 1.96. The molecule has 0 radical (unpaired) electrons. The summed E-state index contributed by atoms with van der Waals surface area (Å²) in [6.07, 6.45) is 2.66. The molecule has 0 aliphatic carbocycles. The van der Waals surface area contributed by atoms with Crippen LogP contribution in [0.3, 0.4) is 0 Å². The maximum Gasteiger partial charge on any atom is 0.226 e. The highest BCUT2D eigenvalue weighted by molar-refractivity contribution is 5.32. The summed E-state index contributed by atoms with van der Waals surface area (Å²) in [6.45, 7) is 7.44. The van der Waals surface area contributed by atoms with Crippen LogP contribution in [0.4, 0.5) is 5.95 Å². The first kappa shape index (κ1) is 14.3. The fourth-order valence-electron chi connectivity index (χ4n) is 1.96. The minimum atomic E-state index is 0.571. The molecule has 0 fully saturated rings. The molecule has 0 saturated carbocycles. The lowest BCUT2D eigenvalue weighted by atomic mass is 10.2. The van der Waals surface area contributed by atoms with Gasteiger partial charge in [0, 0.05) is 37.1 Å². The monoisotopic (exact) mass is 275 g/mol. The number of aryl methyl sites for hydroxylation is 2. The van der Waals surface area contributed by atoms with Crippen LogP contribution in [0.1, 0.15) is 30.3 Å². The summed E-state index contributed by atoms with van der Waals surface area (Å²) in [5.74, 6) is 1.17. The Kier molecular flexibility index (Phi) is 4.55. The molecule has 2 rings (SSSR count). The molecule has 0 unspecified atom stereocenters. The lowest BCUT2D eigenvalue weighted by Crippen LogP contribution is -2.06. The number of nitrogens with zero attached hydrogens (tertiary/aromatic N) is 4. The van der Waals surface area contributed by atoms with Gasteiger partial charge in [-0.25, -0.2) is 4.98 Å². The van der Waals surface area contributed by atoms with Crippen molar-refractivity contribution in [2.75, 3.05) is 11.9 Å². The molecule has 0 spiro atoms. The lowest BCUT2D eigenvalue weighted by Gasteiger charge is -2.07. The molecule has 2 aromatic rings. The number of hydrogen-bond acceptors (Lipinski definition) is 5. The predicted molar refractivity (Wildman–Crippen MR) is 77.8 cm³/mol. The minimum absolute atomic E-state index is 0.571. The van der Waals surface area contributed by atoms with Crippen molar-refractivity contribution < 1.29 is 4.74 Å². The van der Waals surface area contributed by atoms with Gasteiger partial charge in [0.2, 0.25) is 11.8 Å². The molecule has 2 heterocycles. The first-order chi connectivity index (χ1) is 9.61. The maximum atomic E-state index is 5.49. The third-order valence-electron chi connectivity index (χ3n) is 3.17. The Bertz CT molecular complexity index is 579. The zero-order valence-corrected chi connectivity index (χ0v) is 12.5. The van der Waals surface area contributed by atoms with E-state index in [0.717, 1.165) is 17.8 Å². The van der Waals surface area contributed by atoms with Crippen LogP contribution >= 0.6 is 0 Å². The minimum Gasteiger partial charge on any atom is -0.478 e. The van der Waals surface area contributed by atoms with Crippen molar-refractivity contribution in [1.29, 1.82) is 0 Å². The highest BCUT2D eigenvalue weighted by atomic mass is 16.5. The van der Waals surface area contributed by atoms with Gasteiger partial charge in [0.15, 0.2) is 0 Å². The number of aromatic nitrogens is 4. The van der Waals surface area contributed by atoms with Crippen LogP contribution in [0.25, 0.3) is 0 Å². The topological polar surface area (TPSA) is 64.9 Å². The molecular formula is C14H21N5O. The van der Waals surface area contributed by atoms with E-state index in [1.54, 1.807) is 12.3 Å². The molecule has 0 aromatic carbocycles. The third kappa shape index (κ3) is 3.26. The SMILES string of the molecule is CCCOc1ccnc(NCc2c(C)nn(C)c2C)n1. The van der Waals surface area contributed by atoms with Crippen molar-refractivity contribution in [2.45, 2.75) is 33.7 Å². The molecule has 0 amide bonds. The second-order valence-electron chi connectivity index (χ2n) is 4.69. The summed E-state index contributed by atoms with van der Waals surface area (Å²) in [7, 11) is 1.95. The van der Waals surface area contributed by atoms with Gasteiger partial charge in [-0.2, -0.15) is 10.1 Å². The Hall–Kier alpha value is -2.11. The highest BCUT2D eigenvalue weighted by Crippen LogP contribution is 2.14. The van der Waals surface area contributed by atoms with Gasteiger partial charge >= 0.3 is 0 Å². The normalized spacial score (nSPS) is 10.6. The third-order valence-corrected chi connectivity index (χ3v) is 3.17. The van der Waals surface area contributed by atoms with E-state index < -0.39 is 0 Å². The molecule has 0 aliphatic rings. The van der Waals surface area contributed by atoms with Gasteiger partial charge in [-0.1, -0.05) is 6.92 Å². The van der Waals surface area contributed by atoms with E-state index in [1.165, 1.54) is 5.56 Å². The zero-order chi connectivity index (χ0) is 14.5. The van der Waals surface area contributed by atoms with E-state index in [0.29, 0.717) is 25.0 Å². The maximum absolute atomic E-state index is 5.49. The summed E-state index contributed by atoms with van der Waals surface area (Å²) in [5, 5.41) is 7.61. The highest BCUT2D eigenvalue weighted by Gasteiger charge is 2.09. The van der Waals surface area contributed by atoms with Gasteiger partial charge in [0.05, 0.1) is 12.3 Å². The van der Waals surface area contributed by atoms with Gasteiger partial charge in [0.25, 0.3) is 0 Å². The van der Waals surface area contributed by atoms with Gasteiger partial charge in [-0.3, -0.25) is 4.68 Å². The standard InChI is InChI=1S/C14H21N5O/c1-5-8-20-13-6-7-15-14(17-13)16-9-12-10(2)18-19(4)11(12)3/h6-7H,5,8-9H2,1-4H3,(H,15,16,17). The number of rotatable bonds is 6. The average Bonchev–Trinajstić information content (AvgIpc) is 2.68. The average molecular weight is 275 g/mol. The molecule has 0 atom stereocenters. The second-order valence-corrected chi connectivity index (χ2v) is 4.69. The fraction of sp³-hybridized carbons (Fsp3) is 0.500. The van der Waals surface area contributed by atoms with E-state index >= 15 is 0 Å². The van der Waals surface area contributed by atoms with Crippen LogP contribution in [-0.4, -0.2) is 26.4 Å². The molecule has 0 bridgehead atoms. The molecule has 6 nitrogen and oxygen atoms in total. The second kappa shape index (κ2) is 6.36. The Morgan fingerprint density at radius 3 is 2.80 bits per heavy atom. The number of hydrogen-bond donors (Lipinski definition) is 1. The van der Waals surface area contributed by atoms with Crippen molar-refractivity contribution >= 4 is 5.95 Å². The van der Waals surface area contributed by atoms with Crippen LogP contribution in [0, 0.1) is 13.8 Å². The zero-order valence-electron chi connectivity index (χ0n) is 12.5. The van der Waals surface area contributed by atoms with Crippen LogP contribution in [0.5, 0.6) is 5.88 Å². The number of ether oxygens (including phenoxy) is 1. The summed E-state index contributed by atoms with van der Waals surface area (Å²) in [6, 6.07) is 1.77. The quantitative estimate of drug-likeness (QED) is 0.875. The molecule has 20 heavy (non-hydrogen) atoms. The first-order valence-electron chi connectivity index (χ1n) is 6.80. The van der Waals surface area contributed by atoms with E-state index in [-0.39, 0.29) is 0 Å². The molecule has 1 N–H and O–H groups in total. The van der Waals surface area contributed by atoms with Gasteiger partial charge in [-0.15, -0.1) is 0 Å². The van der Waals surface area contributed by atoms with Gasteiger partial charge in [-0.05, 0) is 20.3 Å². The Morgan fingerprint density at radius 2 is 2.15 bits per heavy atom. The van der Waals surface area contributed by atoms with E-state index in [1.807, 2.05) is 18.7 Å².